The molecule has 0 aliphatic carbocycles. The van der Waals surface area contributed by atoms with Crippen LogP contribution in [0.15, 0.2) is 71.8 Å². The van der Waals surface area contributed by atoms with Crippen molar-refractivity contribution in [3.63, 3.8) is 0 Å². The summed E-state index contributed by atoms with van der Waals surface area (Å²) in [6, 6.07) is 17.1. The van der Waals surface area contributed by atoms with Crippen LogP contribution in [0.5, 0.6) is 0 Å². The summed E-state index contributed by atoms with van der Waals surface area (Å²) in [6.45, 7) is 3.72. The first kappa shape index (κ1) is 17.1. The zero-order valence-corrected chi connectivity index (χ0v) is 15.3. The Labute approximate surface area is 157 Å². The van der Waals surface area contributed by atoms with Crippen LogP contribution in [0.4, 0.5) is 0 Å². The zero-order chi connectivity index (χ0) is 19.0. The van der Waals surface area contributed by atoms with Crippen molar-refractivity contribution in [2.24, 2.45) is 5.73 Å². The molecule has 1 atom stereocenters. The summed E-state index contributed by atoms with van der Waals surface area (Å²) >= 11 is 0. The summed E-state index contributed by atoms with van der Waals surface area (Å²) < 4.78 is 1.70. The molecule has 0 saturated heterocycles. The van der Waals surface area contributed by atoms with Gasteiger partial charge in [0.2, 0.25) is 0 Å². The fourth-order valence-electron chi connectivity index (χ4n) is 3.33. The van der Waals surface area contributed by atoms with Crippen molar-refractivity contribution in [3.8, 4) is 16.8 Å². The van der Waals surface area contributed by atoms with E-state index in [1.165, 1.54) is 0 Å². The molecule has 0 unspecified atom stereocenters. The standard InChI is InChI=1S/C22H20N4O/c1-14(23)20-11-16-7-6-10-19(17-12-24-15(2)25-13-17)21(16)22(27)26(20)18-8-4-3-5-9-18/h3-14H,23H2,1-2H3/t14-/m0/s1. The monoisotopic (exact) mass is 356 g/mol. The van der Waals surface area contributed by atoms with Gasteiger partial charge in [-0.15, -0.1) is 0 Å². The number of fused-ring (bicyclic) bond motifs is 1. The molecule has 0 aliphatic rings. The first-order valence-corrected chi connectivity index (χ1v) is 8.85. The van der Waals surface area contributed by atoms with Gasteiger partial charge in [-0.2, -0.15) is 0 Å². The molecular weight excluding hydrogens is 336 g/mol. The fourth-order valence-corrected chi connectivity index (χ4v) is 3.33. The number of rotatable bonds is 3. The smallest absolute Gasteiger partial charge is 0.263 e. The van der Waals surface area contributed by atoms with E-state index in [1.54, 1.807) is 17.0 Å². The second-order valence-corrected chi connectivity index (χ2v) is 6.62. The van der Waals surface area contributed by atoms with Gasteiger partial charge >= 0.3 is 0 Å². The lowest BCUT2D eigenvalue weighted by atomic mass is 9.99. The van der Waals surface area contributed by atoms with Crippen LogP contribution in [0.2, 0.25) is 0 Å². The maximum absolute atomic E-state index is 13.6. The van der Waals surface area contributed by atoms with E-state index in [0.717, 1.165) is 27.9 Å². The van der Waals surface area contributed by atoms with E-state index in [2.05, 4.69) is 9.97 Å². The minimum absolute atomic E-state index is 0.0952. The number of nitrogens with two attached hydrogens (primary N) is 1. The van der Waals surface area contributed by atoms with E-state index in [9.17, 15) is 4.79 Å². The highest BCUT2D eigenvalue weighted by atomic mass is 16.1. The summed E-state index contributed by atoms with van der Waals surface area (Å²) in [7, 11) is 0. The maximum atomic E-state index is 13.6. The largest absolute Gasteiger partial charge is 0.323 e. The summed E-state index contributed by atoms with van der Waals surface area (Å²) in [4.78, 5) is 22.1. The molecule has 2 heterocycles. The molecule has 0 saturated carbocycles. The number of hydrogen-bond acceptors (Lipinski definition) is 4. The third-order valence-electron chi connectivity index (χ3n) is 4.65. The Morgan fingerprint density at radius 2 is 1.70 bits per heavy atom. The van der Waals surface area contributed by atoms with Gasteiger partial charge in [-0.25, -0.2) is 9.97 Å². The van der Waals surface area contributed by atoms with Crippen molar-refractivity contribution >= 4 is 10.8 Å². The molecular formula is C22H20N4O. The number of para-hydroxylation sites is 1. The molecule has 2 aromatic heterocycles. The molecule has 0 fully saturated rings. The second kappa shape index (κ2) is 6.78. The lowest BCUT2D eigenvalue weighted by Gasteiger charge is -2.18. The molecule has 5 nitrogen and oxygen atoms in total. The summed E-state index contributed by atoms with van der Waals surface area (Å²) in [5.74, 6) is 0.694. The molecule has 0 amide bonds. The number of benzene rings is 2. The van der Waals surface area contributed by atoms with E-state index in [0.29, 0.717) is 11.2 Å². The number of aromatic nitrogens is 3. The number of nitrogens with zero attached hydrogens (tertiary/aromatic N) is 3. The lowest BCUT2D eigenvalue weighted by Crippen LogP contribution is -2.26. The minimum atomic E-state index is -0.284. The molecule has 4 aromatic rings. The number of hydrogen-bond donors (Lipinski definition) is 1. The molecule has 0 radical (unpaired) electrons. The molecule has 2 N–H and O–H groups in total. The predicted molar refractivity (Wildman–Crippen MR) is 108 cm³/mol. The third-order valence-corrected chi connectivity index (χ3v) is 4.65. The Balaban J connectivity index is 2.10. The molecule has 27 heavy (non-hydrogen) atoms. The first-order chi connectivity index (χ1) is 13.1. The van der Waals surface area contributed by atoms with Gasteiger partial charge in [0.1, 0.15) is 5.82 Å². The molecule has 134 valence electrons. The van der Waals surface area contributed by atoms with E-state index >= 15 is 0 Å². The van der Waals surface area contributed by atoms with Crippen molar-refractivity contribution in [2.45, 2.75) is 19.9 Å². The Kier molecular flexibility index (Phi) is 4.30. The van der Waals surface area contributed by atoms with Crippen LogP contribution in [-0.4, -0.2) is 14.5 Å². The molecule has 2 aromatic carbocycles. The van der Waals surface area contributed by atoms with Gasteiger partial charge in [0.25, 0.3) is 5.56 Å². The highest BCUT2D eigenvalue weighted by molar-refractivity contribution is 5.96. The van der Waals surface area contributed by atoms with E-state index < -0.39 is 0 Å². The Morgan fingerprint density at radius 1 is 1.00 bits per heavy atom. The third kappa shape index (κ3) is 3.02. The number of pyridine rings is 1. The Hall–Kier alpha value is -3.31. The van der Waals surface area contributed by atoms with Crippen LogP contribution in [0.3, 0.4) is 0 Å². The topological polar surface area (TPSA) is 73.8 Å². The highest BCUT2D eigenvalue weighted by Gasteiger charge is 2.17. The van der Waals surface area contributed by atoms with Crippen molar-refractivity contribution < 1.29 is 0 Å². The van der Waals surface area contributed by atoms with Crippen LogP contribution in [0, 0.1) is 6.92 Å². The summed E-state index contributed by atoms with van der Waals surface area (Å²) in [6.07, 6.45) is 3.51. The molecule has 0 spiro atoms. The normalized spacial score (nSPS) is 12.3. The molecule has 0 bridgehead atoms. The van der Waals surface area contributed by atoms with Gasteiger partial charge in [0.05, 0.1) is 5.39 Å². The van der Waals surface area contributed by atoms with E-state index in [4.69, 9.17) is 5.73 Å². The average Bonchev–Trinajstić information content (AvgIpc) is 2.68. The Morgan fingerprint density at radius 3 is 2.37 bits per heavy atom. The Bertz CT molecular complexity index is 1160. The van der Waals surface area contributed by atoms with Crippen molar-refractivity contribution in [1.82, 2.24) is 14.5 Å². The quantitative estimate of drug-likeness (QED) is 0.606. The minimum Gasteiger partial charge on any atom is -0.323 e. The van der Waals surface area contributed by atoms with Gasteiger partial charge in [0.15, 0.2) is 0 Å². The molecule has 0 aliphatic heterocycles. The van der Waals surface area contributed by atoms with Crippen molar-refractivity contribution in [2.75, 3.05) is 0 Å². The predicted octanol–water partition coefficient (Wildman–Crippen LogP) is 3.78. The van der Waals surface area contributed by atoms with Gasteiger partial charge in [-0.05, 0) is 43.0 Å². The molecule has 4 rings (SSSR count). The van der Waals surface area contributed by atoms with Crippen molar-refractivity contribution in [3.05, 3.63) is 88.9 Å². The maximum Gasteiger partial charge on any atom is 0.263 e. The van der Waals surface area contributed by atoms with Crippen LogP contribution < -0.4 is 11.3 Å². The first-order valence-electron chi connectivity index (χ1n) is 8.85. The van der Waals surface area contributed by atoms with Gasteiger partial charge in [-0.3, -0.25) is 9.36 Å². The van der Waals surface area contributed by atoms with Crippen molar-refractivity contribution in [1.29, 1.82) is 0 Å². The summed E-state index contributed by atoms with van der Waals surface area (Å²) in [5, 5.41) is 1.50. The average molecular weight is 356 g/mol. The van der Waals surface area contributed by atoms with Crippen LogP contribution in [-0.2, 0) is 0 Å². The van der Waals surface area contributed by atoms with E-state index in [1.807, 2.05) is 68.4 Å². The second-order valence-electron chi connectivity index (χ2n) is 6.62. The van der Waals surface area contributed by atoms with Gasteiger partial charge < -0.3 is 5.73 Å². The summed E-state index contributed by atoms with van der Waals surface area (Å²) in [5.41, 5.74) is 9.31. The SMILES string of the molecule is Cc1ncc(-c2cccc3cc([C@H](C)N)n(-c4ccccc4)c(=O)c23)cn1. The van der Waals surface area contributed by atoms with Crippen LogP contribution in [0.25, 0.3) is 27.6 Å². The molecule has 5 heteroatoms. The van der Waals surface area contributed by atoms with Crippen LogP contribution in [0.1, 0.15) is 24.5 Å². The lowest BCUT2D eigenvalue weighted by molar-refractivity contribution is 0.734. The van der Waals surface area contributed by atoms with E-state index in [-0.39, 0.29) is 11.6 Å². The number of aryl methyl sites for hydroxylation is 1. The van der Waals surface area contributed by atoms with Gasteiger partial charge in [-0.1, -0.05) is 36.4 Å². The van der Waals surface area contributed by atoms with Crippen LogP contribution >= 0.6 is 0 Å². The fraction of sp³-hybridized carbons (Fsp3) is 0.136. The highest BCUT2D eigenvalue weighted by Crippen LogP contribution is 2.28. The van der Waals surface area contributed by atoms with Gasteiger partial charge in [0, 0.05) is 35.4 Å². The zero-order valence-electron chi connectivity index (χ0n) is 15.3.